The third-order valence-electron chi connectivity index (χ3n) is 3.68. The number of nitrogens with two attached hydrogens (primary N) is 1. The number of carbonyl (C=O) groups excluding carboxylic acids is 1. The molecule has 0 bridgehead atoms. The van der Waals surface area contributed by atoms with Gasteiger partial charge in [0.1, 0.15) is 0 Å². The third-order valence-corrected chi connectivity index (χ3v) is 3.91. The van der Waals surface area contributed by atoms with E-state index in [4.69, 9.17) is 17.3 Å². The Labute approximate surface area is 133 Å². The van der Waals surface area contributed by atoms with Crippen LogP contribution >= 0.6 is 11.6 Å². The zero-order valence-electron chi connectivity index (χ0n) is 13.7. The van der Waals surface area contributed by atoms with Gasteiger partial charge in [-0.3, -0.25) is 4.79 Å². The normalized spacial score (nSPS) is 12.3. The van der Waals surface area contributed by atoms with Crippen LogP contribution in [0.4, 0.5) is 0 Å². The van der Waals surface area contributed by atoms with E-state index in [0.717, 1.165) is 5.56 Å². The zero-order valence-corrected chi connectivity index (χ0v) is 14.5. The first-order valence-corrected chi connectivity index (χ1v) is 7.65. The Kier molecular flexibility index (Phi) is 5.83. The van der Waals surface area contributed by atoms with Gasteiger partial charge in [-0.1, -0.05) is 51.4 Å². The van der Waals surface area contributed by atoms with Gasteiger partial charge in [-0.25, -0.2) is 0 Å². The highest BCUT2D eigenvalue weighted by atomic mass is 35.5. The van der Waals surface area contributed by atoms with E-state index < -0.39 is 5.41 Å². The second kappa shape index (κ2) is 6.80. The Hall–Kier alpha value is -1.06. The molecule has 1 rings (SSSR count). The fourth-order valence-corrected chi connectivity index (χ4v) is 2.74. The predicted molar refractivity (Wildman–Crippen MR) is 89.4 cm³/mol. The average Bonchev–Trinajstić information content (AvgIpc) is 2.36. The van der Waals surface area contributed by atoms with Gasteiger partial charge in [0.2, 0.25) is 5.91 Å². The maximum atomic E-state index is 12.7. The molecule has 118 valence electrons. The molecule has 0 saturated carbocycles. The SMILES string of the molecule is CN(CC(C)(C)CN)C(=O)C(C)(C)Cc1cccc(Cl)c1. The van der Waals surface area contributed by atoms with Crippen LogP contribution in [0, 0.1) is 10.8 Å². The molecule has 0 heterocycles. The van der Waals surface area contributed by atoms with Gasteiger partial charge in [-0.2, -0.15) is 0 Å². The smallest absolute Gasteiger partial charge is 0.228 e. The van der Waals surface area contributed by atoms with Crippen molar-refractivity contribution in [3.05, 3.63) is 34.9 Å². The highest BCUT2D eigenvalue weighted by Crippen LogP contribution is 2.27. The summed E-state index contributed by atoms with van der Waals surface area (Å²) in [4.78, 5) is 14.5. The Morgan fingerprint density at radius 3 is 2.43 bits per heavy atom. The van der Waals surface area contributed by atoms with Crippen LogP contribution in [0.1, 0.15) is 33.3 Å². The first-order chi connectivity index (χ1) is 9.57. The molecule has 0 aromatic heterocycles. The molecule has 2 N–H and O–H groups in total. The second-order valence-electron chi connectivity index (χ2n) is 7.22. The van der Waals surface area contributed by atoms with Crippen LogP contribution in [-0.2, 0) is 11.2 Å². The fourth-order valence-electron chi connectivity index (χ4n) is 2.53. The Morgan fingerprint density at radius 1 is 1.29 bits per heavy atom. The molecule has 1 aromatic rings. The highest BCUT2D eigenvalue weighted by molar-refractivity contribution is 6.30. The molecule has 0 unspecified atom stereocenters. The molecule has 0 aliphatic rings. The first-order valence-electron chi connectivity index (χ1n) is 7.27. The number of hydrogen-bond donors (Lipinski definition) is 1. The minimum Gasteiger partial charge on any atom is -0.345 e. The summed E-state index contributed by atoms with van der Waals surface area (Å²) in [6, 6.07) is 7.68. The quantitative estimate of drug-likeness (QED) is 0.876. The molecule has 1 aromatic carbocycles. The summed E-state index contributed by atoms with van der Waals surface area (Å²) in [5.41, 5.74) is 6.29. The van der Waals surface area contributed by atoms with E-state index in [2.05, 4.69) is 13.8 Å². The van der Waals surface area contributed by atoms with Crippen molar-refractivity contribution in [2.24, 2.45) is 16.6 Å². The van der Waals surface area contributed by atoms with Crippen LogP contribution in [0.2, 0.25) is 5.02 Å². The van der Waals surface area contributed by atoms with E-state index in [1.165, 1.54) is 0 Å². The first kappa shape index (κ1) is 18.0. The number of rotatable bonds is 6. The third kappa shape index (κ3) is 5.33. The summed E-state index contributed by atoms with van der Waals surface area (Å²) in [6.07, 6.45) is 0.666. The van der Waals surface area contributed by atoms with Crippen molar-refractivity contribution in [3.8, 4) is 0 Å². The molecule has 21 heavy (non-hydrogen) atoms. The predicted octanol–water partition coefficient (Wildman–Crippen LogP) is 3.35. The summed E-state index contributed by atoms with van der Waals surface area (Å²) in [6.45, 7) is 9.30. The van der Waals surface area contributed by atoms with Crippen molar-refractivity contribution >= 4 is 17.5 Å². The van der Waals surface area contributed by atoms with Gasteiger partial charge in [-0.15, -0.1) is 0 Å². The van der Waals surface area contributed by atoms with Crippen LogP contribution < -0.4 is 5.73 Å². The van der Waals surface area contributed by atoms with Crippen molar-refractivity contribution in [2.75, 3.05) is 20.1 Å². The van der Waals surface area contributed by atoms with Crippen molar-refractivity contribution in [3.63, 3.8) is 0 Å². The topological polar surface area (TPSA) is 46.3 Å². The van der Waals surface area contributed by atoms with Crippen LogP contribution in [0.5, 0.6) is 0 Å². The number of hydrogen-bond acceptors (Lipinski definition) is 2. The Bertz CT molecular complexity index is 497. The maximum absolute atomic E-state index is 12.7. The van der Waals surface area contributed by atoms with Crippen molar-refractivity contribution in [2.45, 2.75) is 34.1 Å². The lowest BCUT2D eigenvalue weighted by molar-refractivity contribution is -0.140. The van der Waals surface area contributed by atoms with E-state index >= 15 is 0 Å². The van der Waals surface area contributed by atoms with Gasteiger partial charge < -0.3 is 10.6 Å². The highest BCUT2D eigenvalue weighted by Gasteiger charge is 2.32. The van der Waals surface area contributed by atoms with Gasteiger partial charge in [-0.05, 0) is 36.1 Å². The van der Waals surface area contributed by atoms with Gasteiger partial charge in [0.05, 0.1) is 0 Å². The van der Waals surface area contributed by atoms with Crippen molar-refractivity contribution < 1.29 is 4.79 Å². The van der Waals surface area contributed by atoms with Crippen LogP contribution in [0.25, 0.3) is 0 Å². The lowest BCUT2D eigenvalue weighted by Crippen LogP contribution is -2.45. The zero-order chi connectivity index (χ0) is 16.3. The monoisotopic (exact) mass is 310 g/mol. The molecule has 0 aliphatic carbocycles. The van der Waals surface area contributed by atoms with Crippen LogP contribution in [0.3, 0.4) is 0 Å². The van der Waals surface area contributed by atoms with Gasteiger partial charge in [0.25, 0.3) is 0 Å². The molecule has 0 fully saturated rings. The minimum absolute atomic E-state index is 0.0729. The van der Waals surface area contributed by atoms with E-state index in [9.17, 15) is 4.79 Å². The number of nitrogens with zero attached hydrogens (tertiary/aromatic N) is 1. The minimum atomic E-state index is -0.468. The van der Waals surface area contributed by atoms with E-state index in [-0.39, 0.29) is 11.3 Å². The van der Waals surface area contributed by atoms with E-state index in [1.807, 2.05) is 45.2 Å². The fraction of sp³-hybridized carbons (Fsp3) is 0.588. The molecule has 0 aliphatic heterocycles. The maximum Gasteiger partial charge on any atom is 0.228 e. The lowest BCUT2D eigenvalue weighted by atomic mass is 9.83. The summed E-state index contributed by atoms with van der Waals surface area (Å²) >= 11 is 6.01. The van der Waals surface area contributed by atoms with Crippen molar-refractivity contribution in [1.82, 2.24) is 4.90 Å². The van der Waals surface area contributed by atoms with Crippen molar-refractivity contribution in [1.29, 1.82) is 0 Å². The Morgan fingerprint density at radius 2 is 1.90 bits per heavy atom. The Balaban J connectivity index is 2.79. The van der Waals surface area contributed by atoms with Crippen LogP contribution in [0.15, 0.2) is 24.3 Å². The molecular formula is C17H27ClN2O. The number of carbonyl (C=O) groups is 1. The summed E-state index contributed by atoms with van der Waals surface area (Å²) in [7, 11) is 1.85. The number of benzene rings is 1. The molecule has 0 saturated heterocycles. The molecule has 4 heteroatoms. The van der Waals surface area contributed by atoms with Gasteiger partial charge in [0.15, 0.2) is 0 Å². The van der Waals surface area contributed by atoms with E-state index in [1.54, 1.807) is 4.90 Å². The summed E-state index contributed by atoms with van der Waals surface area (Å²) in [5, 5.41) is 0.702. The average molecular weight is 311 g/mol. The lowest BCUT2D eigenvalue weighted by Gasteiger charge is -2.34. The van der Waals surface area contributed by atoms with Gasteiger partial charge >= 0.3 is 0 Å². The molecule has 0 atom stereocenters. The summed E-state index contributed by atoms with van der Waals surface area (Å²) < 4.78 is 0. The molecule has 0 spiro atoms. The summed E-state index contributed by atoms with van der Waals surface area (Å²) in [5.74, 6) is 0.129. The molecule has 0 radical (unpaired) electrons. The van der Waals surface area contributed by atoms with Gasteiger partial charge in [0, 0.05) is 24.0 Å². The molecule has 3 nitrogen and oxygen atoms in total. The number of amides is 1. The standard InChI is InChI=1S/C17H27ClN2O/c1-16(2,11-19)12-20(5)15(21)17(3,4)10-13-7-6-8-14(18)9-13/h6-9H,10-12,19H2,1-5H3. The molecule has 1 amide bonds. The largest absolute Gasteiger partial charge is 0.345 e. The van der Waals surface area contributed by atoms with Crippen LogP contribution in [-0.4, -0.2) is 30.9 Å². The second-order valence-corrected chi connectivity index (χ2v) is 7.66. The molecular weight excluding hydrogens is 284 g/mol. The van der Waals surface area contributed by atoms with E-state index in [0.29, 0.717) is 24.5 Å². The number of halogens is 1.